The van der Waals surface area contributed by atoms with Crippen molar-refractivity contribution in [2.45, 2.75) is 44.6 Å². The summed E-state index contributed by atoms with van der Waals surface area (Å²) in [6, 6.07) is 3.81. The summed E-state index contributed by atoms with van der Waals surface area (Å²) in [5, 5.41) is 3.39. The minimum atomic E-state index is -0.274. The average molecular weight is 299 g/mol. The van der Waals surface area contributed by atoms with E-state index in [1.165, 1.54) is 19.3 Å². The van der Waals surface area contributed by atoms with Gasteiger partial charge in [-0.05, 0) is 30.9 Å². The van der Waals surface area contributed by atoms with Gasteiger partial charge in [-0.2, -0.15) is 0 Å². The van der Waals surface area contributed by atoms with E-state index in [2.05, 4.69) is 20.3 Å². The molecule has 6 heteroatoms. The Morgan fingerprint density at radius 3 is 2.77 bits per heavy atom. The van der Waals surface area contributed by atoms with Crippen LogP contribution in [0.25, 0.3) is 11.2 Å². The van der Waals surface area contributed by atoms with Crippen LogP contribution in [-0.4, -0.2) is 26.9 Å². The summed E-state index contributed by atoms with van der Waals surface area (Å²) in [6.45, 7) is 0. The highest BCUT2D eigenvalue weighted by Crippen LogP contribution is 2.29. The van der Waals surface area contributed by atoms with E-state index >= 15 is 0 Å². The summed E-state index contributed by atoms with van der Waals surface area (Å²) in [5.74, 6) is 0.925. The molecule has 0 bridgehead atoms. The Morgan fingerprint density at radius 2 is 2.00 bits per heavy atom. The summed E-state index contributed by atoms with van der Waals surface area (Å²) < 4.78 is 0. The number of nitrogens with two attached hydrogens (primary N) is 1. The second-order valence-corrected chi connectivity index (χ2v) is 5.91. The molecular formula is C16H21N5O. The highest BCUT2D eigenvalue weighted by Gasteiger charge is 2.25. The molecule has 2 aromatic rings. The van der Waals surface area contributed by atoms with Crippen LogP contribution in [0.3, 0.4) is 0 Å². The minimum absolute atomic E-state index is 0.0411. The number of carbonyl (C=O) groups is 1. The number of pyridine rings is 1. The quantitative estimate of drug-likeness (QED) is 0.883. The Hall–Kier alpha value is -2.24. The molecule has 3 N–H and O–H groups in total. The third-order valence-electron chi connectivity index (χ3n) is 4.30. The van der Waals surface area contributed by atoms with Crippen LogP contribution in [0, 0.1) is 5.92 Å². The van der Waals surface area contributed by atoms with Crippen molar-refractivity contribution in [1.82, 2.24) is 15.0 Å². The van der Waals surface area contributed by atoms with E-state index in [1.807, 2.05) is 12.1 Å². The van der Waals surface area contributed by atoms with Crippen molar-refractivity contribution in [3.8, 4) is 0 Å². The molecule has 1 aliphatic carbocycles. The summed E-state index contributed by atoms with van der Waals surface area (Å²) in [5.41, 5.74) is 6.79. The molecule has 0 unspecified atom stereocenters. The van der Waals surface area contributed by atoms with E-state index in [1.54, 1.807) is 12.4 Å². The van der Waals surface area contributed by atoms with Gasteiger partial charge in [-0.3, -0.25) is 9.78 Å². The molecule has 1 atom stereocenters. The van der Waals surface area contributed by atoms with Gasteiger partial charge in [-0.15, -0.1) is 0 Å². The zero-order valence-corrected chi connectivity index (χ0v) is 12.5. The molecule has 0 aromatic carbocycles. The van der Waals surface area contributed by atoms with Crippen molar-refractivity contribution in [2.24, 2.45) is 11.7 Å². The smallest absolute Gasteiger partial charge is 0.219 e. The predicted octanol–water partition coefficient (Wildman–Crippen LogP) is 2.26. The first-order valence-corrected chi connectivity index (χ1v) is 7.85. The van der Waals surface area contributed by atoms with Crippen LogP contribution in [-0.2, 0) is 4.79 Å². The van der Waals surface area contributed by atoms with Crippen LogP contribution < -0.4 is 11.1 Å². The van der Waals surface area contributed by atoms with E-state index in [4.69, 9.17) is 5.73 Å². The van der Waals surface area contributed by atoms with Crippen molar-refractivity contribution in [3.63, 3.8) is 0 Å². The number of carbonyl (C=O) groups excluding carboxylic acids is 1. The standard InChI is InChI=1S/C16H21N5O/c17-14(22)10-13(11-4-2-1-3-5-11)20-15-7-6-12-16(21-15)19-9-8-18-12/h6-9,11,13H,1-5,10H2,(H2,17,22)(H,19,20,21)/t13-/m0/s1. The van der Waals surface area contributed by atoms with E-state index < -0.39 is 0 Å². The van der Waals surface area contributed by atoms with Crippen LogP contribution in [0.1, 0.15) is 38.5 Å². The van der Waals surface area contributed by atoms with Crippen molar-refractivity contribution in [2.75, 3.05) is 5.32 Å². The molecule has 1 fully saturated rings. The van der Waals surface area contributed by atoms with Crippen LogP contribution in [0.15, 0.2) is 24.5 Å². The summed E-state index contributed by atoms with van der Waals surface area (Å²) in [7, 11) is 0. The van der Waals surface area contributed by atoms with Crippen LogP contribution >= 0.6 is 0 Å². The van der Waals surface area contributed by atoms with Crippen LogP contribution in [0.2, 0.25) is 0 Å². The Bertz CT molecular complexity index is 654. The molecule has 0 saturated heterocycles. The molecular weight excluding hydrogens is 278 g/mol. The number of anilines is 1. The number of amides is 1. The van der Waals surface area contributed by atoms with Crippen molar-refractivity contribution >= 4 is 22.9 Å². The normalized spacial score (nSPS) is 17.3. The zero-order chi connectivity index (χ0) is 15.4. The zero-order valence-electron chi connectivity index (χ0n) is 12.5. The lowest BCUT2D eigenvalue weighted by Gasteiger charge is -2.30. The number of rotatable bonds is 5. The number of primary amides is 1. The Morgan fingerprint density at radius 1 is 1.23 bits per heavy atom. The molecule has 116 valence electrons. The lowest BCUT2D eigenvalue weighted by molar-refractivity contribution is -0.118. The van der Waals surface area contributed by atoms with Crippen molar-refractivity contribution < 1.29 is 4.79 Å². The molecule has 2 heterocycles. The number of aromatic nitrogens is 3. The molecule has 1 saturated carbocycles. The topological polar surface area (TPSA) is 93.8 Å². The molecule has 2 aromatic heterocycles. The molecule has 3 rings (SSSR count). The lowest BCUT2D eigenvalue weighted by Crippen LogP contribution is -2.35. The molecule has 0 aliphatic heterocycles. The Balaban J connectivity index is 1.79. The van der Waals surface area contributed by atoms with E-state index in [-0.39, 0.29) is 11.9 Å². The first-order chi connectivity index (χ1) is 10.7. The fourth-order valence-corrected chi connectivity index (χ4v) is 3.21. The van der Waals surface area contributed by atoms with Gasteiger partial charge < -0.3 is 11.1 Å². The molecule has 22 heavy (non-hydrogen) atoms. The van der Waals surface area contributed by atoms with Gasteiger partial charge in [-0.25, -0.2) is 9.97 Å². The summed E-state index contributed by atoms with van der Waals surface area (Å²) in [6.07, 6.45) is 9.61. The molecule has 0 spiro atoms. The summed E-state index contributed by atoms with van der Waals surface area (Å²) in [4.78, 5) is 24.3. The van der Waals surface area contributed by atoms with E-state index in [0.29, 0.717) is 18.0 Å². The van der Waals surface area contributed by atoms with Gasteiger partial charge in [0.1, 0.15) is 11.3 Å². The first kappa shape index (κ1) is 14.7. The molecule has 1 amide bonds. The number of nitrogens with one attached hydrogen (secondary N) is 1. The fourth-order valence-electron chi connectivity index (χ4n) is 3.21. The van der Waals surface area contributed by atoms with Gasteiger partial charge in [0.25, 0.3) is 0 Å². The maximum Gasteiger partial charge on any atom is 0.219 e. The van der Waals surface area contributed by atoms with Gasteiger partial charge >= 0.3 is 0 Å². The van der Waals surface area contributed by atoms with Gasteiger partial charge in [0.05, 0.1) is 0 Å². The third-order valence-corrected chi connectivity index (χ3v) is 4.30. The maximum atomic E-state index is 11.4. The van der Waals surface area contributed by atoms with Crippen molar-refractivity contribution in [1.29, 1.82) is 0 Å². The molecule has 6 nitrogen and oxygen atoms in total. The molecule has 1 aliphatic rings. The minimum Gasteiger partial charge on any atom is -0.370 e. The average Bonchev–Trinajstić information content (AvgIpc) is 2.54. The Kier molecular flexibility index (Phi) is 4.46. The first-order valence-electron chi connectivity index (χ1n) is 7.85. The lowest BCUT2D eigenvalue weighted by atomic mass is 9.82. The highest BCUT2D eigenvalue weighted by molar-refractivity contribution is 5.75. The van der Waals surface area contributed by atoms with Gasteiger partial charge in [0, 0.05) is 24.9 Å². The monoisotopic (exact) mass is 299 g/mol. The predicted molar refractivity (Wildman–Crippen MR) is 85.1 cm³/mol. The number of hydrogen-bond donors (Lipinski definition) is 2. The van der Waals surface area contributed by atoms with Crippen LogP contribution in [0.4, 0.5) is 5.82 Å². The van der Waals surface area contributed by atoms with E-state index in [9.17, 15) is 4.79 Å². The molecule has 0 radical (unpaired) electrons. The highest BCUT2D eigenvalue weighted by atomic mass is 16.1. The van der Waals surface area contributed by atoms with Crippen molar-refractivity contribution in [3.05, 3.63) is 24.5 Å². The second kappa shape index (κ2) is 6.68. The maximum absolute atomic E-state index is 11.4. The number of fused-ring (bicyclic) bond motifs is 1. The third kappa shape index (κ3) is 3.50. The second-order valence-electron chi connectivity index (χ2n) is 5.91. The Labute approximate surface area is 129 Å². The van der Waals surface area contributed by atoms with Gasteiger partial charge in [0.15, 0.2) is 5.65 Å². The number of nitrogens with zero attached hydrogens (tertiary/aromatic N) is 3. The van der Waals surface area contributed by atoms with Gasteiger partial charge in [-0.1, -0.05) is 19.3 Å². The largest absolute Gasteiger partial charge is 0.370 e. The van der Waals surface area contributed by atoms with Gasteiger partial charge in [0.2, 0.25) is 5.91 Å². The van der Waals surface area contributed by atoms with E-state index in [0.717, 1.165) is 24.2 Å². The fraction of sp³-hybridized carbons (Fsp3) is 0.500. The SMILES string of the molecule is NC(=O)C[C@H](Nc1ccc2nccnc2n1)C1CCCCC1. The van der Waals surface area contributed by atoms with Crippen LogP contribution in [0.5, 0.6) is 0 Å². The number of hydrogen-bond acceptors (Lipinski definition) is 5. The summed E-state index contributed by atoms with van der Waals surface area (Å²) >= 11 is 0.